The predicted molar refractivity (Wildman–Crippen MR) is 120 cm³/mol. The summed E-state index contributed by atoms with van der Waals surface area (Å²) >= 11 is 6.01. The molecule has 3 rings (SSSR count). The minimum Gasteiger partial charge on any atom is -0.497 e. The van der Waals surface area contributed by atoms with Crippen LogP contribution in [0.3, 0.4) is 0 Å². The number of amides is 1. The molecule has 0 saturated carbocycles. The first-order valence-corrected chi connectivity index (χ1v) is 10.5. The van der Waals surface area contributed by atoms with Crippen molar-refractivity contribution in [3.05, 3.63) is 69.0 Å². The van der Waals surface area contributed by atoms with Gasteiger partial charge in [-0.05, 0) is 36.2 Å². The van der Waals surface area contributed by atoms with Crippen LogP contribution in [-0.4, -0.2) is 40.1 Å². The van der Waals surface area contributed by atoms with Crippen molar-refractivity contribution in [1.82, 2.24) is 15.5 Å². The van der Waals surface area contributed by atoms with Gasteiger partial charge in [-0.15, -0.1) is 0 Å². The topological polar surface area (TPSA) is 147 Å². The van der Waals surface area contributed by atoms with Crippen molar-refractivity contribution in [3.63, 3.8) is 0 Å². The predicted octanol–water partition coefficient (Wildman–Crippen LogP) is 3.80. The van der Waals surface area contributed by atoms with Crippen LogP contribution >= 0.6 is 11.6 Å². The van der Waals surface area contributed by atoms with Crippen LogP contribution < -0.4 is 10.1 Å². The van der Waals surface area contributed by atoms with Crippen LogP contribution in [0.1, 0.15) is 30.0 Å². The summed E-state index contributed by atoms with van der Waals surface area (Å²) in [7, 11) is 1.56. The zero-order valence-corrected chi connectivity index (χ0v) is 19.2. The lowest BCUT2D eigenvalue weighted by Gasteiger charge is -2.20. The molecule has 0 spiro atoms. The second kappa shape index (κ2) is 10.8. The number of nitrogens with zero attached hydrogens (tertiary/aromatic N) is 3. The molecule has 0 aliphatic heterocycles. The Bertz CT molecular complexity index is 1190. The van der Waals surface area contributed by atoms with Crippen LogP contribution in [0, 0.1) is 16.0 Å². The van der Waals surface area contributed by atoms with Crippen molar-refractivity contribution in [2.75, 3.05) is 7.11 Å². The molecule has 1 atom stereocenters. The van der Waals surface area contributed by atoms with Gasteiger partial charge in [-0.1, -0.05) is 30.6 Å². The zero-order valence-electron chi connectivity index (χ0n) is 18.5. The van der Waals surface area contributed by atoms with Gasteiger partial charge in [-0.2, -0.15) is 4.98 Å². The van der Waals surface area contributed by atoms with Gasteiger partial charge in [0.2, 0.25) is 5.82 Å². The van der Waals surface area contributed by atoms with E-state index in [4.69, 9.17) is 25.6 Å². The molecule has 34 heavy (non-hydrogen) atoms. The van der Waals surface area contributed by atoms with Gasteiger partial charge in [0.15, 0.2) is 6.61 Å². The van der Waals surface area contributed by atoms with Gasteiger partial charge < -0.3 is 19.3 Å². The number of nitrogens with one attached hydrogen (secondary N) is 1. The van der Waals surface area contributed by atoms with Crippen LogP contribution in [0.2, 0.25) is 5.02 Å². The molecule has 1 aromatic heterocycles. The first-order chi connectivity index (χ1) is 16.2. The molecule has 0 aliphatic carbocycles. The van der Waals surface area contributed by atoms with E-state index in [-0.39, 0.29) is 40.5 Å². The summed E-state index contributed by atoms with van der Waals surface area (Å²) in [6.07, 6.45) is 0. The van der Waals surface area contributed by atoms with Gasteiger partial charge in [0.1, 0.15) is 11.8 Å². The molecule has 1 amide bonds. The number of hydrogen-bond acceptors (Lipinski definition) is 9. The van der Waals surface area contributed by atoms with Gasteiger partial charge >= 0.3 is 5.97 Å². The number of benzene rings is 2. The molecular formula is C22H21ClN4O7. The summed E-state index contributed by atoms with van der Waals surface area (Å²) in [5.41, 5.74) is 0.404. The molecule has 178 valence electrons. The highest BCUT2D eigenvalue weighted by atomic mass is 35.5. The Balaban J connectivity index is 1.63. The second-order valence-electron chi connectivity index (χ2n) is 7.47. The summed E-state index contributed by atoms with van der Waals surface area (Å²) in [5.74, 6) is -0.640. The summed E-state index contributed by atoms with van der Waals surface area (Å²) in [6, 6.07) is 9.41. The van der Waals surface area contributed by atoms with Crippen molar-refractivity contribution in [2.24, 2.45) is 5.92 Å². The number of methoxy groups -OCH3 is 1. The van der Waals surface area contributed by atoms with Gasteiger partial charge in [0.05, 0.1) is 22.6 Å². The smallest absolute Gasteiger partial charge is 0.329 e. The number of nitro groups is 1. The van der Waals surface area contributed by atoms with Gasteiger partial charge in [-0.3, -0.25) is 14.9 Å². The molecule has 3 aromatic rings. The molecule has 0 radical (unpaired) electrons. The van der Waals surface area contributed by atoms with Crippen molar-refractivity contribution >= 4 is 29.2 Å². The molecule has 1 N–H and O–H groups in total. The number of rotatable bonds is 9. The molecule has 0 bridgehead atoms. The highest BCUT2D eigenvalue weighted by Gasteiger charge is 2.28. The summed E-state index contributed by atoms with van der Waals surface area (Å²) in [4.78, 5) is 39.7. The van der Waals surface area contributed by atoms with E-state index >= 15 is 0 Å². The fourth-order valence-electron chi connectivity index (χ4n) is 2.91. The maximum atomic E-state index is 12.6. The van der Waals surface area contributed by atoms with E-state index in [9.17, 15) is 19.7 Å². The molecule has 0 unspecified atom stereocenters. The Kier molecular flexibility index (Phi) is 7.79. The molecule has 2 aromatic carbocycles. The second-order valence-corrected chi connectivity index (χ2v) is 7.88. The van der Waals surface area contributed by atoms with Gasteiger partial charge in [-0.25, -0.2) is 4.79 Å². The maximum absolute atomic E-state index is 12.6. The zero-order chi connectivity index (χ0) is 24.8. The van der Waals surface area contributed by atoms with Crippen LogP contribution in [0.15, 0.2) is 47.0 Å². The lowest BCUT2D eigenvalue weighted by molar-refractivity contribution is -0.384. The average Bonchev–Trinajstić information content (AvgIpc) is 3.29. The van der Waals surface area contributed by atoms with Gasteiger partial charge in [0.25, 0.3) is 17.5 Å². The van der Waals surface area contributed by atoms with E-state index in [0.717, 1.165) is 12.1 Å². The van der Waals surface area contributed by atoms with Crippen LogP contribution in [0.4, 0.5) is 5.69 Å². The van der Waals surface area contributed by atoms with Crippen molar-refractivity contribution in [2.45, 2.75) is 26.5 Å². The summed E-state index contributed by atoms with van der Waals surface area (Å²) < 4.78 is 15.6. The Morgan fingerprint density at radius 1 is 1.21 bits per heavy atom. The lowest BCUT2D eigenvalue weighted by atomic mass is 10.0. The fraction of sp³-hybridized carbons (Fsp3) is 0.273. The summed E-state index contributed by atoms with van der Waals surface area (Å²) in [5, 5.41) is 17.1. The van der Waals surface area contributed by atoms with E-state index in [2.05, 4.69) is 15.5 Å². The SMILES string of the molecule is COc1ccc(-c2nc(COC(=O)[C@@H](NC(=O)c3ccc([N+](=O)[O-])cc3Cl)C(C)C)no2)cc1. The largest absolute Gasteiger partial charge is 0.497 e. The van der Waals surface area contributed by atoms with Gasteiger partial charge in [0, 0.05) is 17.7 Å². The molecule has 0 saturated heterocycles. The Hall–Kier alpha value is -3.99. The minimum atomic E-state index is -1.01. The first kappa shape index (κ1) is 24.6. The third kappa shape index (κ3) is 5.87. The monoisotopic (exact) mass is 488 g/mol. The fourth-order valence-corrected chi connectivity index (χ4v) is 3.17. The molecule has 1 heterocycles. The van der Waals surface area contributed by atoms with Crippen LogP contribution in [0.25, 0.3) is 11.5 Å². The van der Waals surface area contributed by atoms with Crippen molar-refractivity contribution in [1.29, 1.82) is 0 Å². The highest BCUT2D eigenvalue weighted by Crippen LogP contribution is 2.23. The van der Waals surface area contributed by atoms with E-state index in [1.165, 1.54) is 6.07 Å². The number of non-ortho nitro benzene ring substituents is 1. The van der Waals surface area contributed by atoms with E-state index < -0.39 is 22.8 Å². The molecular weight excluding hydrogens is 468 g/mol. The number of nitro benzene ring substituents is 1. The highest BCUT2D eigenvalue weighted by molar-refractivity contribution is 6.34. The quantitative estimate of drug-likeness (QED) is 0.269. The third-order valence-electron chi connectivity index (χ3n) is 4.76. The number of ether oxygens (including phenoxy) is 2. The van der Waals surface area contributed by atoms with Crippen molar-refractivity contribution < 1.29 is 28.5 Å². The van der Waals surface area contributed by atoms with E-state index in [0.29, 0.717) is 11.3 Å². The number of hydrogen-bond donors (Lipinski definition) is 1. The number of carbonyl (C=O) groups excluding carboxylic acids is 2. The lowest BCUT2D eigenvalue weighted by Crippen LogP contribution is -2.45. The Morgan fingerprint density at radius 3 is 2.50 bits per heavy atom. The van der Waals surface area contributed by atoms with Crippen LogP contribution in [-0.2, 0) is 16.1 Å². The van der Waals surface area contributed by atoms with E-state index in [1.807, 2.05) is 0 Å². The standard InChI is InChI=1S/C22H21ClN4O7/c1-12(2)19(25-20(28)16-9-6-14(27(30)31)10-17(16)23)22(29)33-11-18-24-21(34-26-18)13-4-7-15(32-3)8-5-13/h4-10,12,19H,11H2,1-3H3,(H,25,28)/t19-/m0/s1. The number of halogens is 1. The molecule has 12 heteroatoms. The minimum absolute atomic E-state index is 0.00646. The Morgan fingerprint density at radius 2 is 1.91 bits per heavy atom. The summed E-state index contributed by atoms with van der Waals surface area (Å²) in [6.45, 7) is 3.18. The number of aromatic nitrogens is 2. The number of carbonyl (C=O) groups is 2. The van der Waals surface area contributed by atoms with Crippen molar-refractivity contribution in [3.8, 4) is 17.2 Å². The normalized spacial score (nSPS) is 11.7. The first-order valence-electron chi connectivity index (χ1n) is 10.1. The molecule has 0 aliphatic rings. The average molecular weight is 489 g/mol. The molecule has 0 fully saturated rings. The molecule has 11 nitrogen and oxygen atoms in total. The Labute approximate surface area is 199 Å². The van der Waals surface area contributed by atoms with Crippen LogP contribution in [0.5, 0.6) is 5.75 Å². The van der Waals surface area contributed by atoms with E-state index in [1.54, 1.807) is 45.2 Å². The maximum Gasteiger partial charge on any atom is 0.329 e. The third-order valence-corrected chi connectivity index (χ3v) is 5.08. The number of esters is 1.